The molecule has 0 spiro atoms. The first-order valence-corrected chi connectivity index (χ1v) is 9.56. The van der Waals surface area contributed by atoms with Gasteiger partial charge in [0.1, 0.15) is 6.54 Å². The highest BCUT2D eigenvalue weighted by atomic mass is 16.5. The third-order valence-electron chi connectivity index (χ3n) is 5.22. The summed E-state index contributed by atoms with van der Waals surface area (Å²) in [6, 6.07) is 11.0. The summed E-state index contributed by atoms with van der Waals surface area (Å²) in [7, 11) is 0. The molecule has 0 fully saturated rings. The fourth-order valence-corrected chi connectivity index (χ4v) is 3.39. The lowest BCUT2D eigenvalue weighted by Gasteiger charge is -2.14. The van der Waals surface area contributed by atoms with E-state index >= 15 is 0 Å². The summed E-state index contributed by atoms with van der Waals surface area (Å²) >= 11 is 0. The van der Waals surface area contributed by atoms with E-state index in [1.165, 1.54) is 11.1 Å². The topological polar surface area (TPSA) is 72.5 Å². The fourth-order valence-electron chi connectivity index (χ4n) is 3.39. The highest BCUT2D eigenvalue weighted by Gasteiger charge is 2.22. The number of esters is 1. The highest BCUT2D eigenvalue weighted by molar-refractivity contribution is 6.01. The second kappa shape index (κ2) is 8.38. The van der Waals surface area contributed by atoms with Crippen LogP contribution in [0, 0.1) is 13.8 Å². The Kier molecular flexibility index (Phi) is 5.93. The van der Waals surface area contributed by atoms with Gasteiger partial charge in [-0.15, -0.1) is 0 Å². The van der Waals surface area contributed by atoms with Gasteiger partial charge in [0, 0.05) is 11.1 Å². The summed E-state index contributed by atoms with van der Waals surface area (Å²) in [4.78, 5) is 36.8. The highest BCUT2D eigenvalue weighted by Crippen LogP contribution is 2.23. The number of amides is 1. The van der Waals surface area contributed by atoms with Crippen LogP contribution in [0.3, 0.4) is 0 Å². The van der Waals surface area contributed by atoms with Crippen molar-refractivity contribution in [3.63, 3.8) is 0 Å². The smallest absolute Gasteiger partial charge is 0.326 e. The molecule has 146 valence electrons. The SMILES string of the molecule is Cc1ccc(C(=O)NCC(=O)OC(C)C(=O)c2ccc3c(c2)CCC3)cc1C. The van der Waals surface area contributed by atoms with Gasteiger partial charge in [0.15, 0.2) is 6.10 Å². The van der Waals surface area contributed by atoms with Crippen molar-refractivity contribution in [2.24, 2.45) is 0 Å². The van der Waals surface area contributed by atoms with Crippen molar-refractivity contribution in [2.45, 2.75) is 46.1 Å². The van der Waals surface area contributed by atoms with Gasteiger partial charge in [-0.2, -0.15) is 0 Å². The molecule has 5 heteroatoms. The molecule has 0 heterocycles. The van der Waals surface area contributed by atoms with Gasteiger partial charge in [-0.25, -0.2) is 0 Å². The Balaban J connectivity index is 1.53. The lowest BCUT2D eigenvalue weighted by atomic mass is 10.0. The van der Waals surface area contributed by atoms with E-state index in [2.05, 4.69) is 5.32 Å². The molecule has 1 unspecified atom stereocenters. The van der Waals surface area contributed by atoms with Crippen LogP contribution >= 0.6 is 0 Å². The predicted octanol–water partition coefficient (Wildman–Crippen LogP) is 3.34. The van der Waals surface area contributed by atoms with Gasteiger partial charge < -0.3 is 10.1 Å². The molecular weight excluding hydrogens is 354 g/mol. The van der Waals surface area contributed by atoms with Gasteiger partial charge in [0.2, 0.25) is 5.78 Å². The molecule has 0 aliphatic heterocycles. The van der Waals surface area contributed by atoms with E-state index in [4.69, 9.17) is 4.74 Å². The van der Waals surface area contributed by atoms with Gasteiger partial charge in [-0.05, 0) is 80.5 Å². The number of carbonyl (C=O) groups is 3. The van der Waals surface area contributed by atoms with Crippen LogP contribution < -0.4 is 5.32 Å². The number of carbonyl (C=O) groups excluding carboxylic acids is 3. The van der Waals surface area contributed by atoms with Gasteiger partial charge in [0.25, 0.3) is 5.91 Å². The second-order valence-electron chi connectivity index (χ2n) is 7.32. The first kappa shape index (κ1) is 19.8. The van der Waals surface area contributed by atoms with Crippen molar-refractivity contribution < 1.29 is 19.1 Å². The van der Waals surface area contributed by atoms with Gasteiger partial charge in [-0.3, -0.25) is 14.4 Å². The molecule has 2 aromatic rings. The second-order valence-corrected chi connectivity index (χ2v) is 7.32. The Hall–Kier alpha value is -2.95. The third-order valence-corrected chi connectivity index (χ3v) is 5.22. The summed E-state index contributed by atoms with van der Waals surface area (Å²) in [6.45, 7) is 5.16. The number of rotatable bonds is 6. The Morgan fingerprint density at radius 2 is 1.68 bits per heavy atom. The minimum absolute atomic E-state index is 0.233. The van der Waals surface area contributed by atoms with Crippen LogP contribution in [0.25, 0.3) is 0 Å². The Bertz CT molecular complexity index is 932. The molecule has 1 amide bonds. The van der Waals surface area contributed by atoms with E-state index in [0.29, 0.717) is 11.1 Å². The van der Waals surface area contributed by atoms with Gasteiger partial charge in [0.05, 0.1) is 0 Å². The summed E-state index contributed by atoms with van der Waals surface area (Å²) in [5.74, 6) is -1.22. The molecule has 0 saturated heterocycles. The van der Waals surface area contributed by atoms with Crippen LogP contribution in [0.15, 0.2) is 36.4 Å². The Morgan fingerprint density at radius 3 is 2.43 bits per heavy atom. The molecule has 0 radical (unpaired) electrons. The number of fused-ring (bicyclic) bond motifs is 1. The largest absolute Gasteiger partial charge is 0.453 e. The van der Waals surface area contributed by atoms with Crippen molar-refractivity contribution >= 4 is 17.7 Å². The number of benzene rings is 2. The molecule has 0 saturated carbocycles. The van der Waals surface area contributed by atoms with E-state index < -0.39 is 12.1 Å². The lowest BCUT2D eigenvalue weighted by Crippen LogP contribution is -2.34. The monoisotopic (exact) mass is 379 g/mol. The summed E-state index contributed by atoms with van der Waals surface area (Å²) < 4.78 is 5.21. The molecule has 1 N–H and O–H groups in total. The zero-order valence-electron chi connectivity index (χ0n) is 16.5. The van der Waals surface area contributed by atoms with Crippen LogP contribution in [-0.2, 0) is 22.4 Å². The van der Waals surface area contributed by atoms with Crippen LogP contribution in [0.1, 0.15) is 56.3 Å². The first-order chi connectivity index (χ1) is 13.3. The van der Waals surface area contributed by atoms with Gasteiger partial charge in [-0.1, -0.05) is 18.2 Å². The molecule has 5 nitrogen and oxygen atoms in total. The zero-order valence-corrected chi connectivity index (χ0v) is 16.5. The number of ether oxygens (including phenoxy) is 1. The fraction of sp³-hybridized carbons (Fsp3) is 0.348. The van der Waals surface area contributed by atoms with Crippen molar-refractivity contribution in [2.75, 3.05) is 6.54 Å². The minimum atomic E-state index is -0.898. The van der Waals surface area contributed by atoms with E-state index in [1.807, 2.05) is 32.0 Å². The molecule has 3 rings (SSSR count). The summed E-state index contributed by atoms with van der Waals surface area (Å²) in [5.41, 5.74) is 5.62. The average molecular weight is 379 g/mol. The van der Waals surface area contributed by atoms with E-state index in [9.17, 15) is 14.4 Å². The van der Waals surface area contributed by atoms with E-state index in [1.54, 1.807) is 25.1 Å². The standard InChI is InChI=1S/C23H25NO4/c1-14-7-8-20(11-15(14)2)23(27)24-13-21(25)28-16(3)22(26)19-10-9-17-5-4-6-18(17)12-19/h7-12,16H,4-6,13H2,1-3H3,(H,24,27). The van der Waals surface area contributed by atoms with E-state index in [0.717, 1.165) is 30.4 Å². The lowest BCUT2D eigenvalue weighted by molar-refractivity contribution is -0.145. The molecule has 0 bridgehead atoms. The number of ketones is 1. The number of Topliss-reactive ketones (excluding diaryl/α,β-unsaturated/α-hetero) is 1. The summed E-state index contributed by atoms with van der Waals surface area (Å²) in [6.07, 6.45) is 2.24. The predicted molar refractivity (Wildman–Crippen MR) is 107 cm³/mol. The van der Waals surface area contributed by atoms with Crippen LogP contribution in [0.4, 0.5) is 0 Å². The molecule has 1 atom stereocenters. The van der Waals surface area contributed by atoms with Crippen molar-refractivity contribution in [1.29, 1.82) is 0 Å². The normalized spacial score (nSPS) is 13.5. The molecule has 28 heavy (non-hydrogen) atoms. The third kappa shape index (κ3) is 4.47. The molecule has 1 aliphatic carbocycles. The maximum Gasteiger partial charge on any atom is 0.326 e. The van der Waals surface area contributed by atoms with Gasteiger partial charge >= 0.3 is 5.97 Å². The maximum absolute atomic E-state index is 12.5. The van der Waals surface area contributed by atoms with Crippen molar-refractivity contribution in [1.82, 2.24) is 5.32 Å². The quantitative estimate of drug-likeness (QED) is 0.617. The average Bonchev–Trinajstić information content (AvgIpc) is 3.15. The van der Waals surface area contributed by atoms with Crippen molar-refractivity contribution in [3.05, 3.63) is 69.8 Å². The Labute approximate surface area is 165 Å². The van der Waals surface area contributed by atoms with Crippen molar-refractivity contribution in [3.8, 4) is 0 Å². The molecule has 2 aromatic carbocycles. The maximum atomic E-state index is 12.5. The minimum Gasteiger partial charge on any atom is -0.453 e. The number of hydrogen-bond acceptors (Lipinski definition) is 4. The number of nitrogens with one attached hydrogen (secondary N) is 1. The summed E-state index contributed by atoms with van der Waals surface area (Å²) in [5, 5.41) is 2.54. The van der Waals surface area contributed by atoms with Crippen LogP contribution in [0.5, 0.6) is 0 Å². The molecule has 1 aliphatic rings. The first-order valence-electron chi connectivity index (χ1n) is 9.56. The Morgan fingerprint density at radius 1 is 0.964 bits per heavy atom. The van der Waals surface area contributed by atoms with Crippen LogP contribution in [0.2, 0.25) is 0 Å². The molecule has 0 aromatic heterocycles. The number of hydrogen-bond donors (Lipinski definition) is 1. The van der Waals surface area contributed by atoms with E-state index in [-0.39, 0.29) is 18.2 Å². The molecular formula is C23H25NO4. The zero-order chi connectivity index (χ0) is 20.3. The van der Waals surface area contributed by atoms with Crippen LogP contribution in [-0.4, -0.2) is 30.3 Å². The number of aryl methyl sites for hydroxylation is 4.